The molecular formula is C33H35ClN8O2S. The summed E-state index contributed by atoms with van der Waals surface area (Å²) in [6.45, 7) is 4.71. The lowest BCUT2D eigenvalue weighted by Crippen LogP contribution is -2.05. The summed E-state index contributed by atoms with van der Waals surface area (Å²) >= 11 is 0. The standard InChI is InChI=1S/C17H18N4.C9H10N4.C7H7ClO2S/c1-13-8-10-14(11-9-13)12-18-17-19-16(20-21(17)2)15-6-4-3-5-7-15;1-13-9(10)11-8(12-13)7-5-3-2-4-6-7;1-6-2-4-7(5-3-6)11(8,9)10/h3-11H,12H2,1-2H3,(H,18,19,20);2-6H,1H3,(H2,10,11,12);2-5H,1H3. The van der Waals surface area contributed by atoms with Crippen molar-refractivity contribution in [3.8, 4) is 22.8 Å². The first-order chi connectivity index (χ1) is 21.5. The molecule has 0 aliphatic heterocycles. The van der Waals surface area contributed by atoms with E-state index >= 15 is 0 Å². The fourth-order valence-corrected chi connectivity index (χ4v) is 4.71. The normalized spacial score (nSPS) is 10.7. The third-order valence-corrected chi connectivity index (χ3v) is 7.87. The van der Waals surface area contributed by atoms with Crippen molar-refractivity contribution in [1.82, 2.24) is 29.5 Å². The number of hydrogen-bond acceptors (Lipinski definition) is 8. The third kappa shape index (κ3) is 9.75. The van der Waals surface area contributed by atoms with Crippen LogP contribution in [0.2, 0.25) is 0 Å². The second-order valence-electron chi connectivity index (χ2n) is 10.1. The van der Waals surface area contributed by atoms with Crippen LogP contribution in [-0.4, -0.2) is 37.9 Å². The van der Waals surface area contributed by atoms with Crippen molar-refractivity contribution in [3.63, 3.8) is 0 Å². The van der Waals surface area contributed by atoms with Gasteiger partial charge in [-0.1, -0.05) is 108 Å². The molecule has 0 unspecified atom stereocenters. The van der Waals surface area contributed by atoms with Crippen LogP contribution in [0, 0.1) is 13.8 Å². The molecule has 2 aromatic heterocycles. The van der Waals surface area contributed by atoms with Gasteiger partial charge in [0.1, 0.15) is 0 Å². The number of aromatic nitrogens is 6. The Bertz CT molecular complexity index is 1890. The number of anilines is 2. The highest BCUT2D eigenvalue weighted by Crippen LogP contribution is 2.18. The molecule has 0 atom stereocenters. The lowest BCUT2D eigenvalue weighted by molar-refractivity contribution is 0.609. The van der Waals surface area contributed by atoms with Crippen molar-refractivity contribution in [2.45, 2.75) is 25.3 Å². The van der Waals surface area contributed by atoms with Crippen LogP contribution in [0.25, 0.3) is 22.8 Å². The molecule has 0 spiro atoms. The molecule has 0 amide bonds. The second-order valence-corrected chi connectivity index (χ2v) is 12.7. The number of benzene rings is 4. The number of nitrogens with zero attached hydrogens (tertiary/aromatic N) is 6. The van der Waals surface area contributed by atoms with Crippen LogP contribution in [0.3, 0.4) is 0 Å². The average molecular weight is 643 g/mol. The molecule has 0 aliphatic carbocycles. The Morgan fingerprint density at radius 3 is 1.62 bits per heavy atom. The van der Waals surface area contributed by atoms with Gasteiger partial charge in [-0.15, -0.1) is 10.2 Å². The van der Waals surface area contributed by atoms with Gasteiger partial charge in [0.2, 0.25) is 11.9 Å². The number of hydrogen-bond donors (Lipinski definition) is 2. The van der Waals surface area contributed by atoms with Crippen molar-refractivity contribution in [3.05, 3.63) is 126 Å². The smallest absolute Gasteiger partial charge is 0.261 e. The summed E-state index contributed by atoms with van der Waals surface area (Å²) in [5.74, 6) is 2.61. The fourth-order valence-electron chi connectivity index (χ4n) is 3.94. The van der Waals surface area contributed by atoms with Crippen LogP contribution in [0.5, 0.6) is 0 Å². The molecule has 0 fully saturated rings. The molecule has 6 rings (SSSR count). The Labute approximate surface area is 268 Å². The average Bonchev–Trinajstić information content (AvgIpc) is 3.58. The van der Waals surface area contributed by atoms with Crippen molar-refractivity contribution in [2.75, 3.05) is 11.1 Å². The predicted molar refractivity (Wildman–Crippen MR) is 180 cm³/mol. The van der Waals surface area contributed by atoms with Crippen molar-refractivity contribution in [2.24, 2.45) is 14.1 Å². The molecule has 232 valence electrons. The van der Waals surface area contributed by atoms with Gasteiger partial charge in [-0.2, -0.15) is 9.97 Å². The summed E-state index contributed by atoms with van der Waals surface area (Å²) in [6, 6.07) is 34.6. The van der Waals surface area contributed by atoms with Crippen molar-refractivity contribution >= 4 is 31.6 Å². The molecule has 0 aliphatic rings. The van der Waals surface area contributed by atoms with E-state index < -0.39 is 9.05 Å². The summed E-state index contributed by atoms with van der Waals surface area (Å²) in [5, 5.41) is 11.9. The highest BCUT2D eigenvalue weighted by Gasteiger charge is 2.09. The van der Waals surface area contributed by atoms with Crippen LogP contribution in [0.1, 0.15) is 16.7 Å². The molecule has 2 heterocycles. The van der Waals surface area contributed by atoms with E-state index in [0.29, 0.717) is 11.8 Å². The van der Waals surface area contributed by atoms with Gasteiger partial charge in [-0.3, -0.25) is 0 Å². The maximum absolute atomic E-state index is 10.7. The number of nitrogens with two attached hydrogens (primary N) is 1. The van der Waals surface area contributed by atoms with Crippen LogP contribution in [0.4, 0.5) is 11.9 Å². The SMILES string of the molecule is Cc1ccc(CNc2nc(-c3ccccc3)nn2C)cc1.Cc1ccc(S(=O)(=O)Cl)cc1.Cn1nc(-c2ccccc2)nc1N. The lowest BCUT2D eigenvalue weighted by atomic mass is 10.1. The van der Waals surface area contributed by atoms with Crippen LogP contribution in [-0.2, 0) is 29.7 Å². The van der Waals surface area contributed by atoms with E-state index in [1.54, 1.807) is 28.5 Å². The van der Waals surface area contributed by atoms with E-state index in [0.717, 1.165) is 35.0 Å². The quantitative estimate of drug-likeness (QED) is 0.200. The van der Waals surface area contributed by atoms with Crippen LogP contribution in [0.15, 0.2) is 114 Å². The minimum atomic E-state index is -3.55. The van der Waals surface area contributed by atoms with E-state index in [1.807, 2.05) is 74.6 Å². The van der Waals surface area contributed by atoms with E-state index in [9.17, 15) is 8.42 Å². The number of aryl methyl sites for hydroxylation is 4. The number of rotatable bonds is 6. The molecule has 0 bridgehead atoms. The Kier molecular flexibility index (Phi) is 11.1. The first-order valence-electron chi connectivity index (χ1n) is 14.0. The summed E-state index contributed by atoms with van der Waals surface area (Å²) in [7, 11) is 5.21. The Hall–Kier alpha value is -5.00. The van der Waals surface area contributed by atoms with Crippen LogP contribution >= 0.6 is 10.7 Å². The first kappa shape index (κ1) is 32.9. The van der Waals surface area contributed by atoms with Crippen LogP contribution < -0.4 is 11.1 Å². The molecule has 10 nitrogen and oxygen atoms in total. The van der Waals surface area contributed by atoms with Gasteiger partial charge >= 0.3 is 0 Å². The van der Waals surface area contributed by atoms with Gasteiger partial charge in [-0.25, -0.2) is 17.8 Å². The van der Waals surface area contributed by atoms with Gasteiger partial charge < -0.3 is 11.1 Å². The Balaban J connectivity index is 0.000000165. The maximum atomic E-state index is 10.7. The zero-order valence-corrected chi connectivity index (χ0v) is 27.0. The highest BCUT2D eigenvalue weighted by atomic mass is 35.7. The van der Waals surface area contributed by atoms with Gasteiger partial charge in [0, 0.05) is 42.4 Å². The zero-order chi connectivity index (χ0) is 32.4. The van der Waals surface area contributed by atoms with E-state index in [-0.39, 0.29) is 4.90 Å². The van der Waals surface area contributed by atoms with Gasteiger partial charge in [-0.05, 0) is 31.5 Å². The molecular weight excluding hydrogens is 608 g/mol. The number of nitrogen functional groups attached to an aromatic ring is 1. The molecule has 45 heavy (non-hydrogen) atoms. The van der Waals surface area contributed by atoms with Gasteiger partial charge in [0.25, 0.3) is 9.05 Å². The molecule has 3 N–H and O–H groups in total. The lowest BCUT2D eigenvalue weighted by Gasteiger charge is -2.05. The highest BCUT2D eigenvalue weighted by molar-refractivity contribution is 8.13. The largest absolute Gasteiger partial charge is 0.368 e. The summed E-state index contributed by atoms with van der Waals surface area (Å²) in [6.07, 6.45) is 0. The summed E-state index contributed by atoms with van der Waals surface area (Å²) < 4.78 is 24.8. The third-order valence-electron chi connectivity index (χ3n) is 6.50. The second kappa shape index (κ2) is 15.1. The Morgan fingerprint density at radius 1 is 0.689 bits per heavy atom. The number of nitrogens with one attached hydrogen (secondary N) is 1. The minimum absolute atomic E-state index is 0.143. The molecule has 6 aromatic rings. The maximum Gasteiger partial charge on any atom is 0.261 e. The van der Waals surface area contributed by atoms with Gasteiger partial charge in [0.15, 0.2) is 11.6 Å². The van der Waals surface area contributed by atoms with E-state index in [2.05, 4.69) is 56.7 Å². The van der Waals surface area contributed by atoms with E-state index in [1.165, 1.54) is 23.3 Å². The van der Waals surface area contributed by atoms with E-state index in [4.69, 9.17) is 16.4 Å². The first-order valence-corrected chi connectivity index (χ1v) is 16.3. The topological polar surface area (TPSA) is 134 Å². The molecule has 12 heteroatoms. The summed E-state index contributed by atoms with van der Waals surface area (Å²) in [5.41, 5.74) is 11.1. The zero-order valence-electron chi connectivity index (χ0n) is 25.5. The van der Waals surface area contributed by atoms with Crippen molar-refractivity contribution < 1.29 is 8.42 Å². The molecule has 4 aromatic carbocycles. The molecule has 0 saturated heterocycles. The molecule has 0 saturated carbocycles. The Morgan fingerprint density at radius 2 is 1.16 bits per heavy atom. The van der Waals surface area contributed by atoms with Gasteiger partial charge in [0.05, 0.1) is 4.90 Å². The summed E-state index contributed by atoms with van der Waals surface area (Å²) in [4.78, 5) is 8.81. The fraction of sp³-hybridized carbons (Fsp3) is 0.152. The monoisotopic (exact) mass is 642 g/mol. The molecule has 0 radical (unpaired) electrons. The predicted octanol–water partition coefficient (Wildman–Crippen LogP) is 6.39. The minimum Gasteiger partial charge on any atom is -0.368 e. The van der Waals surface area contributed by atoms with Crippen molar-refractivity contribution in [1.29, 1.82) is 0 Å². The number of halogens is 1.